The highest BCUT2D eigenvalue weighted by Gasteiger charge is 2.08. The second-order valence-electron chi connectivity index (χ2n) is 2.94. The number of nitrogens with one attached hydrogen (secondary N) is 2. The molecule has 1 heterocycles. The summed E-state index contributed by atoms with van der Waals surface area (Å²) in [4.78, 5) is 34.9. The number of carbonyl (C=O) groups is 1. The highest BCUT2D eigenvalue weighted by Crippen LogP contribution is 1.84. The van der Waals surface area contributed by atoms with Crippen LogP contribution >= 0.6 is 0 Å². The first-order chi connectivity index (χ1) is 8.06. The maximum absolute atomic E-state index is 12.8. The van der Waals surface area contributed by atoms with Gasteiger partial charge in [-0.2, -0.15) is 4.39 Å². The monoisotopic (exact) mass is 239 g/mol. The van der Waals surface area contributed by atoms with Gasteiger partial charge in [-0.25, -0.2) is 14.2 Å². The molecule has 6 nitrogen and oxygen atoms in total. The molecule has 0 bridgehead atoms. The molecule has 2 N–H and O–H groups in total. The van der Waals surface area contributed by atoms with Gasteiger partial charge in [-0.3, -0.25) is 9.78 Å². The fourth-order valence-corrected chi connectivity index (χ4v) is 0.954. The number of halogens is 1. The molecule has 1 aromatic rings. The zero-order valence-corrected chi connectivity index (χ0v) is 8.94. The molecule has 90 valence electrons. The Bertz CT molecular complexity index is 583. The van der Waals surface area contributed by atoms with E-state index < -0.39 is 23.1 Å². The van der Waals surface area contributed by atoms with E-state index in [1.54, 1.807) is 24.1 Å². The third-order valence-electron chi connectivity index (χ3n) is 1.72. The van der Waals surface area contributed by atoms with Crippen molar-refractivity contribution in [2.75, 3.05) is 0 Å². The maximum atomic E-state index is 12.8. The molecule has 0 fully saturated rings. The van der Waals surface area contributed by atoms with Gasteiger partial charge in [0, 0.05) is 6.20 Å². The number of hydrogen-bond acceptors (Lipinski definition) is 3. The smallest absolute Gasteiger partial charge is 0.314 e. The third kappa shape index (κ3) is 3.26. The topological polar surface area (TPSA) is 84.0 Å². The Morgan fingerprint density at radius 3 is 2.82 bits per heavy atom. The van der Waals surface area contributed by atoms with Gasteiger partial charge in [0.05, 0.1) is 6.20 Å². The zero-order valence-electron chi connectivity index (χ0n) is 8.94. The van der Waals surface area contributed by atoms with E-state index in [9.17, 15) is 18.8 Å². The number of allylic oxidation sites excluding steroid dienone is 3. The van der Waals surface area contributed by atoms with E-state index in [-0.39, 0.29) is 0 Å². The minimum absolute atomic E-state index is 0.427. The van der Waals surface area contributed by atoms with Gasteiger partial charge in [0.1, 0.15) is 0 Å². The summed E-state index contributed by atoms with van der Waals surface area (Å²) >= 11 is 0. The molecule has 1 aromatic heterocycles. The van der Waals surface area contributed by atoms with Crippen molar-refractivity contribution in [2.24, 2.45) is 0 Å². The van der Waals surface area contributed by atoms with Crippen LogP contribution < -0.4 is 16.6 Å². The highest BCUT2D eigenvalue weighted by atomic mass is 19.1. The fourth-order valence-electron chi connectivity index (χ4n) is 0.954. The second-order valence-corrected chi connectivity index (χ2v) is 2.94. The molecule has 7 heteroatoms. The van der Waals surface area contributed by atoms with Gasteiger partial charge in [-0.15, -0.1) is 0 Å². The average molecular weight is 239 g/mol. The molecule has 0 spiro atoms. The van der Waals surface area contributed by atoms with E-state index in [0.717, 1.165) is 0 Å². The standard InChI is InChI=1S/C10H10FN3O3/c1-2-3-4-5-12-9(16)14-6-7(11)8(15)13-10(14)17/h2-6H,1H3,(H,12,16)(H,13,15,17)/b3-2+,5-4+. The van der Waals surface area contributed by atoms with Crippen LogP contribution in [0, 0.1) is 5.82 Å². The molecule has 0 aliphatic carbocycles. The molecule has 0 unspecified atom stereocenters. The molecular formula is C10H10FN3O3. The molecule has 0 aliphatic heterocycles. The lowest BCUT2D eigenvalue weighted by Crippen LogP contribution is -2.39. The van der Waals surface area contributed by atoms with Crippen molar-refractivity contribution in [1.29, 1.82) is 0 Å². The van der Waals surface area contributed by atoms with Gasteiger partial charge < -0.3 is 5.32 Å². The van der Waals surface area contributed by atoms with Crippen molar-refractivity contribution in [3.8, 4) is 0 Å². The normalized spacial score (nSPS) is 11.2. The Labute approximate surface area is 95.1 Å². The molecule has 1 rings (SSSR count). The number of carbonyl (C=O) groups excluding carboxylic acids is 1. The van der Waals surface area contributed by atoms with Gasteiger partial charge in [0.25, 0.3) is 5.56 Å². The Hall–Kier alpha value is -2.44. The highest BCUT2D eigenvalue weighted by molar-refractivity contribution is 5.77. The van der Waals surface area contributed by atoms with E-state index >= 15 is 0 Å². The quantitative estimate of drug-likeness (QED) is 0.729. The zero-order chi connectivity index (χ0) is 12.8. The van der Waals surface area contributed by atoms with Crippen molar-refractivity contribution < 1.29 is 9.18 Å². The summed E-state index contributed by atoms with van der Waals surface area (Å²) in [5, 5.41) is 2.22. The van der Waals surface area contributed by atoms with Crippen LogP contribution in [-0.4, -0.2) is 15.6 Å². The molecular weight excluding hydrogens is 229 g/mol. The van der Waals surface area contributed by atoms with Crippen LogP contribution in [-0.2, 0) is 0 Å². The molecule has 0 radical (unpaired) electrons. The lowest BCUT2D eigenvalue weighted by molar-refractivity contribution is 0.244. The number of amides is 1. The third-order valence-corrected chi connectivity index (χ3v) is 1.72. The van der Waals surface area contributed by atoms with Crippen molar-refractivity contribution in [1.82, 2.24) is 14.9 Å². The van der Waals surface area contributed by atoms with Crippen LogP contribution in [0.3, 0.4) is 0 Å². The summed E-state index contributed by atoms with van der Waals surface area (Å²) < 4.78 is 13.3. The van der Waals surface area contributed by atoms with Gasteiger partial charge in [0.2, 0.25) is 5.82 Å². The first kappa shape index (κ1) is 12.6. The van der Waals surface area contributed by atoms with Gasteiger partial charge in [-0.05, 0) is 13.0 Å². The molecule has 0 aromatic carbocycles. The minimum Gasteiger partial charge on any atom is -0.314 e. The largest absolute Gasteiger partial charge is 0.336 e. The number of nitrogens with zero attached hydrogens (tertiary/aromatic N) is 1. The number of H-pyrrole nitrogens is 1. The Kier molecular flexibility index (Phi) is 4.15. The molecule has 1 amide bonds. The number of hydrogen-bond donors (Lipinski definition) is 2. The van der Waals surface area contributed by atoms with E-state index in [1.165, 1.54) is 12.3 Å². The summed E-state index contributed by atoms with van der Waals surface area (Å²) in [7, 11) is 0. The molecule has 17 heavy (non-hydrogen) atoms. The van der Waals surface area contributed by atoms with Crippen molar-refractivity contribution in [2.45, 2.75) is 6.92 Å². The SMILES string of the molecule is C/C=C/C=C/NC(=O)n1cc(F)c(=O)[nH]c1=O. The lowest BCUT2D eigenvalue weighted by Gasteiger charge is -2.01. The Balaban J connectivity index is 2.94. The molecule has 0 aliphatic rings. The summed E-state index contributed by atoms with van der Waals surface area (Å²) in [6.45, 7) is 1.79. The number of aromatic amines is 1. The summed E-state index contributed by atoms with van der Waals surface area (Å²) in [6.07, 6.45) is 6.70. The van der Waals surface area contributed by atoms with Crippen molar-refractivity contribution >= 4 is 6.03 Å². The van der Waals surface area contributed by atoms with Crippen molar-refractivity contribution in [3.05, 3.63) is 57.3 Å². The predicted molar refractivity (Wildman–Crippen MR) is 59.2 cm³/mol. The Morgan fingerprint density at radius 1 is 1.47 bits per heavy atom. The summed E-state index contributed by atoms with van der Waals surface area (Å²) in [5.41, 5.74) is -2.17. The second kappa shape index (κ2) is 5.59. The molecule has 0 atom stereocenters. The van der Waals surface area contributed by atoms with E-state index in [4.69, 9.17) is 0 Å². The maximum Gasteiger partial charge on any atom is 0.336 e. The summed E-state index contributed by atoms with van der Waals surface area (Å²) in [6, 6.07) is -0.870. The van der Waals surface area contributed by atoms with Gasteiger partial charge in [0.15, 0.2) is 0 Å². The van der Waals surface area contributed by atoms with Crippen LogP contribution in [0.2, 0.25) is 0 Å². The predicted octanol–water partition coefficient (Wildman–Crippen LogP) is 0.323. The summed E-state index contributed by atoms with van der Waals surface area (Å²) in [5.74, 6) is -1.21. The Morgan fingerprint density at radius 2 is 2.18 bits per heavy atom. The minimum atomic E-state index is -1.21. The van der Waals surface area contributed by atoms with Crippen LogP contribution in [0.15, 0.2) is 40.2 Å². The van der Waals surface area contributed by atoms with Crippen molar-refractivity contribution in [3.63, 3.8) is 0 Å². The van der Waals surface area contributed by atoms with Crippen LogP contribution in [0.1, 0.15) is 6.92 Å². The van der Waals surface area contributed by atoms with Crippen LogP contribution in [0.25, 0.3) is 0 Å². The van der Waals surface area contributed by atoms with E-state index in [2.05, 4.69) is 5.32 Å². The molecule has 0 saturated carbocycles. The number of aromatic nitrogens is 2. The fraction of sp³-hybridized carbons (Fsp3) is 0.100. The van der Waals surface area contributed by atoms with E-state index in [1.807, 2.05) is 0 Å². The van der Waals surface area contributed by atoms with Gasteiger partial charge >= 0.3 is 11.7 Å². The average Bonchev–Trinajstić information content (AvgIpc) is 2.29. The molecule has 0 saturated heterocycles. The lowest BCUT2D eigenvalue weighted by atomic mass is 10.5. The van der Waals surface area contributed by atoms with Crippen LogP contribution in [0.4, 0.5) is 9.18 Å². The van der Waals surface area contributed by atoms with Crippen LogP contribution in [0.5, 0.6) is 0 Å². The van der Waals surface area contributed by atoms with E-state index in [0.29, 0.717) is 10.8 Å². The van der Waals surface area contributed by atoms with Gasteiger partial charge in [-0.1, -0.05) is 12.2 Å². The number of rotatable bonds is 2. The first-order valence-electron chi connectivity index (χ1n) is 4.66. The first-order valence-corrected chi connectivity index (χ1v) is 4.66.